The minimum atomic E-state index is -0.715. The average molecular weight is 241 g/mol. The van der Waals surface area contributed by atoms with Crippen molar-refractivity contribution in [2.24, 2.45) is 22.2 Å². The Morgan fingerprint density at radius 1 is 1.47 bits per heavy atom. The molecule has 0 radical (unpaired) electrons. The third kappa shape index (κ3) is 3.61. The van der Waals surface area contributed by atoms with Gasteiger partial charge in [-0.1, -0.05) is 31.8 Å². The maximum Gasteiger partial charge on any atom is 0.233 e. The summed E-state index contributed by atoms with van der Waals surface area (Å²) in [6.07, 6.45) is 4.65. The lowest BCUT2D eigenvalue weighted by Gasteiger charge is -2.13. The Morgan fingerprint density at radius 3 is 2.59 bits per heavy atom. The molecule has 1 fully saturated rings. The highest BCUT2D eigenvalue weighted by molar-refractivity contribution is 6.09. The van der Waals surface area contributed by atoms with Gasteiger partial charge in [0.2, 0.25) is 5.91 Å². The molecule has 17 heavy (non-hydrogen) atoms. The van der Waals surface area contributed by atoms with E-state index in [-0.39, 0.29) is 11.7 Å². The van der Waals surface area contributed by atoms with Gasteiger partial charge >= 0.3 is 0 Å². The molecule has 1 rings (SSSR count). The topological polar surface area (TPSA) is 87.7 Å². The summed E-state index contributed by atoms with van der Waals surface area (Å²) >= 11 is 0. The number of hydrogen-bond donors (Lipinski definition) is 3. The van der Waals surface area contributed by atoms with Crippen molar-refractivity contribution < 1.29 is 10.0 Å². The minimum absolute atomic E-state index is 0.0391. The molecule has 1 saturated carbocycles. The molecule has 0 aromatic carbocycles. The van der Waals surface area contributed by atoms with Crippen LogP contribution in [0.4, 0.5) is 0 Å². The molecule has 0 aliphatic heterocycles. The summed E-state index contributed by atoms with van der Waals surface area (Å²) in [5.74, 6) is 0.646. The first kappa shape index (κ1) is 13.8. The van der Waals surface area contributed by atoms with Gasteiger partial charge in [0.15, 0.2) is 5.84 Å². The van der Waals surface area contributed by atoms with E-state index in [2.05, 4.69) is 24.3 Å². The van der Waals surface area contributed by atoms with E-state index in [1.807, 2.05) is 0 Å². The molecule has 0 aromatic rings. The Morgan fingerprint density at radius 2 is 2.12 bits per heavy atom. The molecule has 98 valence electrons. The predicted octanol–water partition coefficient (Wildman–Crippen LogP) is 1.46. The lowest BCUT2D eigenvalue weighted by atomic mass is 10.0. The molecule has 0 heterocycles. The van der Waals surface area contributed by atoms with Crippen LogP contribution in [0.3, 0.4) is 0 Å². The summed E-state index contributed by atoms with van der Waals surface area (Å²) in [5, 5.41) is 14.4. The number of nitrogens with two attached hydrogens (primary N) is 1. The molecule has 0 bridgehead atoms. The number of carbonyl (C=O) groups is 1. The second kappa shape index (κ2) is 5.89. The number of amides is 1. The number of hydrogen-bond acceptors (Lipinski definition) is 3. The normalized spacial score (nSPS) is 18.2. The van der Waals surface area contributed by atoms with E-state index >= 15 is 0 Å². The first-order valence-electron chi connectivity index (χ1n) is 6.29. The lowest BCUT2D eigenvalue weighted by molar-refractivity contribution is -0.124. The van der Waals surface area contributed by atoms with E-state index in [0.717, 1.165) is 12.8 Å². The van der Waals surface area contributed by atoms with Crippen LogP contribution >= 0.6 is 0 Å². The molecule has 5 nitrogen and oxygen atoms in total. The van der Waals surface area contributed by atoms with E-state index in [9.17, 15) is 4.79 Å². The van der Waals surface area contributed by atoms with Crippen LogP contribution in [0.5, 0.6) is 0 Å². The van der Waals surface area contributed by atoms with Gasteiger partial charge in [0.05, 0.1) is 0 Å². The van der Waals surface area contributed by atoms with Crippen molar-refractivity contribution in [1.29, 1.82) is 0 Å². The molecule has 0 unspecified atom stereocenters. The zero-order valence-electron chi connectivity index (χ0n) is 10.7. The highest BCUT2D eigenvalue weighted by Crippen LogP contribution is 2.45. The second-order valence-electron chi connectivity index (χ2n) is 5.21. The maximum atomic E-state index is 11.8. The Bertz CT molecular complexity index is 296. The van der Waals surface area contributed by atoms with Crippen LogP contribution < -0.4 is 11.1 Å². The van der Waals surface area contributed by atoms with E-state index < -0.39 is 5.41 Å². The van der Waals surface area contributed by atoms with Crippen molar-refractivity contribution in [2.75, 3.05) is 6.54 Å². The van der Waals surface area contributed by atoms with Crippen molar-refractivity contribution in [2.45, 2.75) is 46.0 Å². The van der Waals surface area contributed by atoms with Gasteiger partial charge in [-0.2, -0.15) is 0 Å². The van der Waals surface area contributed by atoms with Crippen molar-refractivity contribution >= 4 is 11.7 Å². The Kier molecular flexibility index (Phi) is 4.78. The number of nitrogens with one attached hydrogen (secondary N) is 1. The first-order chi connectivity index (χ1) is 8.03. The van der Waals surface area contributed by atoms with Gasteiger partial charge in [0.1, 0.15) is 5.41 Å². The largest absolute Gasteiger partial charge is 0.409 e. The van der Waals surface area contributed by atoms with Crippen LogP contribution in [0.2, 0.25) is 0 Å². The second-order valence-corrected chi connectivity index (χ2v) is 5.21. The Hall–Kier alpha value is -1.26. The van der Waals surface area contributed by atoms with Gasteiger partial charge in [-0.05, 0) is 25.2 Å². The Labute approximate surface area is 102 Å². The highest BCUT2D eigenvalue weighted by atomic mass is 16.4. The minimum Gasteiger partial charge on any atom is -0.409 e. The molecule has 0 saturated heterocycles. The van der Waals surface area contributed by atoms with Gasteiger partial charge in [-0.3, -0.25) is 4.79 Å². The van der Waals surface area contributed by atoms with E-state index in [1.54, 1.807) is 0 Å². The van der Waals surface area contributed by atoms with Crippen LogP contribution in [0.1, 0.15) is 46.0 Å². The maximum absolute atomic E-state index is 11.8. The zero-order chi connectivity index (χ0) is 12.9. The molecule has 5 heteroatoms. The number of amidine groups is 1. The van der Waals surface area contributed by atoms with E-state index in [0.29, 0.717) is 25.3 Å². The molecule has 1 aliphatic carbocycles. The van der Waals surface area contributed by atoms with Crippen molar-refractivity contribution in [3.63, 3.8) is 0 Å². The molecule has 0 atom stereocenters. The van der Waals surface area contributed by atoms with Crippen LogP contribution in [0.15, 0.2) is 5.16 Å². The van der Waals surface area contributed by atoms with E-state index in [4.69, 9.17) is 10.9 Å². The molecular formula is C12H23N3O2. The summed E-state index contributed by atoms with van der Waals surface area (Å²) in [5.41, 5.74) is 4.81. The third-order valence-corrected chi connectivity index (χ3v) is 3.28. The van der Waals surface area contributed by atoms with Crippen molar-refractivity contribution in [1.82, 2.24) is 5.32 Å². The molecule has 0 aromatic heterocycles. The fourth-order valence-corrected chi connectivity index (χ4v) is 1.87. The average Bonchev–Trinajstić information content (AvgIpc) is 3.08. The number of unbranched alkanes of at least 4 members (excludes halogenated alkanes) is 1. The molecule has 1 aliphatic rings. The first-order valence-corrected chi connectivity index (χ1v) is 6.29. The summed E-state index contributed by atoms with van der Waals surface area (Å²) in [6, 6.07) is 0. The summed E-state index contributed by atoms with van der Waals surface area (Å²) in [6.45, 7) is 5.05. The number of oxime groups is 1. The SMILES string of the molecule is CC(C)CCCCNC(=O)C1(C(N)=NO)CC1. The zero-order valence-corrected chi connectivity index (χ0v) is 10.7. The molecular weight excluding hydrogens is 218 g/mol. The molecule has 0 spiro atoms. The number of rotatable bonds is 7. The van der Waals surface area contributed by atoms with Crippen molar-refractivity contribution in [3.05, 3.63) is 0 Å². The number of nitrogens with zero attached hydrogens (tertiary/aromatic N) is 1. The molecule has 4 N–H and O–H groups in total. The summed E-state index contributed by atoms with van der Waals surface area (Å²) < 4.78 is 0. The third-order valence-electron chi connectivity index (χ3n) is 3.28. The van der Waals surface area contributed by atoms with Crippen molar-refractivity contribution in [3.8, 4) is 0 Å². The Balaban J connectivity index is 2.22. The monoisotopic (exact) mass is 241 g/mol. The number of carbonyl (C=O) groups excluding carboxylic acids is 1. The van der Waals surface area contributed by atoms with Crippen LogP contribution in [-0.4, -0.2) is 23.5 Å². The quantitative estimate of drug-likeness (QED) is 0.207. The fraction of sp³-hybridized carbons (Fsp3) is 0.833. The standard InChI is InChI=1S/C12H23N3O2/c1-9(2)5-3-4-8-14-11(16)12(6-7-12)10(13)15-17/h9,17H,3-8H2,1-2H3,(H2,13,15)(H,14,16). The van der Waals surface area contributed by atoms with Gasteiger partial charge in [0, 0.05) is 6.54 Å². The van der Waals surface area contributed by atoms with Gasteiger partial charge < -0.3 is 16.3 Å². The van der Waals surface area contributed by atoms with Gasteiger partial charge in [-0.25, -0.2) is 0 Å². The van der Waals surface area contributed by atoms with Crippen LogP contribution in [-0.2, 0) is 4.79 Å². The van der Waals surface area contributed by atoms with Gasteiger partial charge in [-0.15, -0.1) is 0 Å². The predicted molar refractivity (Wildman–Crippen MR) is 66.8 cm³/mol. The smallest absolute Gasteiger partial charge is 0.233 e. The van der Waals surface area contributed by atoms with Gasteiger partial charge in [0.25, 0.3) is 0 Å². The molecule has 1 amide bonds. The summed E-state index contributed by atoms with van der Waals surface area (Å²) in [4.78, 5) is 11.8. The fourth-order valence-electron chi connectivity index (χ4n) is 1.87. The highest BCUT2D eigenvalue weighted by Gasteiger charge is 2.53. The van der Waals surface area contributed by atoms with Crippen LogP contribution in [0.25, 0.3) is 0 Å². The van der Waals surface area contributed by atoms with E-state index in [1.165, 1.54) is 6.42 Å². The van der Waals surface area contributed by atoms with Crippen LogP contribution in [0, 0.1) is 11.3 Å². The summed E-state index contributed by atoms with van der Waals surface area (Å²) in [7, 11) is 0. The lowest BCUT2D eigenvalue weighted by Crippen LogP contribution is -2.41.